The summed E-state index contributed by atoms with van der Waals surface area (Å²) in [5.41, 5.74) is 3.09. The van der Waals surface area contributed by atoms with Crippen molar-refractivity contribution in [3.8, 4) is 5.75 Å². The number of nitrogens with zero attached hydrogens (tertiary/aromatic N) is 1. The van der Waals surface area contributed by atoms with Crippen molar-refractivity contribution in [2.45, 2.75) is 12.7 Å². The van der Waals surface area contributed by atoms with Crippen LogP contribution in [0.2, 0.25) is 0 Å². The predicted molar refractivity (Wildman–Crippen MR) is 107 cm³/mol. The van der Waals surface area contributed by atoms with Crippen molar-refractivity contribution in [1.82, 2.24) is 4.90 Å². The first kappa shape index (κ1) is 19.8. The van der Waals surface area contributed by atoms with Gasteiger partial charge in [-0.2, -0.15) is 0 Å². The van der Waals surface area contributed by atoms with E-state index in [1.54, 1.807) is 50.1 Å². The van der Waals surface area contributed by atoms with Crippen LogP contribution in [0.4, 0.5) is 5.69 Å². The predicted octanol–water partition coefficient (Wildman–Crippen LogP) is 3.33. The van der Waals surface area contributed by atoms with Crippen molar-refractivity contribution in [2.24, 2.45) is 0 Å². The standard InChI is InChI=1S/C20H24N2O3S/c1-15-6-4-7-16(10-15)13-26-14-19(23)21-17-8-5-9-18(11-17)25-12-20(24)22(2)3/h4-11H,12-14H2,1-3H3,(H,21,23). The molecule has 0 saturated heterocycles. The number of aryl methyl sites for hydroxylation is 1. The molecule has 0 fully saturated rings. The zero-order valence-electron chi connectivity index (χ0n) is 15.3. The molecule has 5 nitrogen and oxygen atoms in total. The van der Waals surface area contributed by atoms with Crippen LogP contribution >= 0.6 is 11.8 Å². The van der Waals surface area contributed by atoms with Gasteiger partial charge in [-0.05, 0) is 24.6 Å². The van der Waals surface area contributed by atoms with E-state index in [-0.39, 0.29) is 18.4 Å². The summed E-state index contributed by atoms with van der Waals surface area (Å²) in [4.78, 5) is 25.1. The molecule has 6 heteroatoms. The second kappa shape index (κ2) is 9.87. The van der Waals surface area contributed by atoms with E-state index in [1.807, 2.05) is 6.07 Å². The lowest BCUT2D eigenvalue weighted by Gasteiger charge is -2.12. The van der Waals surface area contributed by atoms with E-state index < -0.39 is 0 Å². The zero-order valence-corrected chi connectivity index (χ0v) is 16.1. The molecule has 0 spiro atoms. The molecular weight excluding hydrogens is 348 g/mol. The van der Waals surface area contributed by atoms with Gasteiger partial charge >= 0.3 is 0 Å². The average Bonchev–Trinajstić information content (AvgIpc) is 2.60. The summed E-state index contributed by atoms with van der Waals surface area (Å²) >= 11 is 1.57. The van der Waals surface area contributed by atoms with Crippen LogP contribution in [0.15, 0.2) is 48.5 Å². The first-order valence-corrected chi connectivity index (χ1v) is 9.45. The number of nitrogens with one attached hydrogen (secondary N) is 1. The first-order chi connectivity index (χ1) is 12.4. The minimum atomic E-state index is -0.119. The first-order valence-electron chi connectivity index (χ1n) is 8.30. The topological polar surface area (TPSA) is 58.6 Å². The van der Waals surface area contributed by atoms with E-state index in [2.05, 4.69) is 30.4 Å². The highest BCUT2D eigenvalue weighted by Gasteiger charge is 2.07. The maximum atomic E-state index is 12.1. The summed E-state index contributed by atoms with van der Waals surface area (Å²) < 4.78 is 5.45. The van der Waals surface area contributed by atoms with Gasteiger partial charge in [0, 0.05) is 31.6 Å². The molecule has 2 aromatic rings. The molecule has 0 aromatic heterocycles. The minimum absolute atomic E-state index is 0.0310. The van der Waals surface area contributed by atoms with Crippen molar-refractivity contribution in [1.29, 1.82) is 0 Å². The molecule has 0 unspecified atom stereocenters. The number of amides is 2. The van der Waals surface area contributed by atoms with Gasteiger partial charge in [-0.25, -0.2) is 0 Å². The SMILES string of the molecule is Cc1cccc(CSCC(=O)Nc2cccc(OCC(=O)N(C)C)c2)c1. The fraction of sp³-hybridized carbons (Fsp3) is 0.300. The van der Waals surface area contributed by atoms with Gasteiger partial charge in [0.15, 0.2) is 6.61 Å². The van der Waals surface area contributed by atoms with Gasteiger partial charge in [0.05, 0.1) is 5.75 Å². The number of thioether (sulfide) groups is 1. The van der Waals surface area contributed by atoms with Crippen molar-refractivity contribution in [3.63, 3.8) is 0 Å². The second-order valence-electron chi connectivity index (χ2n) is 6.13. The third kappa shape index (κ3) is 6.80. The number of hydrogen-bond acceptors (Lipinski definition) is 4. The molecule has 2 aromatic carbocycles. The molecule has 0 heterocycles. The van der Waals surface area contributed by atoms with E-state index in [1.165, 1.54) is 16.0 Å². The van der Waals surface area contributed by atoms with Gasteiger partial charge in [-0.15, -0.1) is 11.8 Å². The largest absolute Gasteiger partial charge is 0.484 e. The Morgan fingerprint density at radius 2 is 1.88 bits per heavy atom. The van der Waals surface area contributed by atoms with Crippen LogP contribution in [0.5, 0.6) is 5.75 Å². The van der Waals surface area contributed by atoms with Crippen LogP contribution in [0.25, 0.3) is 0 Å². The monoisotopic (exact) mass is 372 g/mol. The highest BCUT2D eigenvalue weighted by molar-refractivity contribution is 7.99. The molecule has 138 valence electrons. The third-order valence-corrected chi connectivity index (χ3v) is 4.57. The Morgan fingerprint density at radius 1 is 1.12 bits per heavy atom. The maximum Gasteiger partial charge on any atom is 0.259 e. The van der Waals surface area contributed by atoms with Crippen molar-refractivity contribution >= 4 is 29.3 Å². The Labute approximate surface area is 158 Å². The summed E-state index contributed by atoms with van der Waals surface area (Å²) in [6.07, 6.45) is 0. The molecule has 0 aliphatic heterocycles. The number of carbonyl (C=O) groups is 2. The Bertz CT molecular complexity index is 762. The van der Waals surface area contributed by atoms with E-state index in [4.69, 9.17) is 4.74 Å². The van der Waals surface area contributed by atoms with Gasteiger partial charge in [-0.1, -0.05) is 35.9 Å². The number of likely N-dealkylation sites (N-methyl/N-ethyl adjacent to an activating group) is 1. The van der Waals surface area contributed by atoms with Crippen molar-refractivity contribution < 1.29 is 14.3 Å². The highest BCUT2D eigenvalue weighted by Crippen LogP contribution is 2.18. The molecule has 0 radical (unpaired) electrons. The summed E-state index contributed by atoms with van der Waals surface area (Å²) in [6.45, 7) is 2.03. The molecule has 0 atom stereocenters. The highest BCUT2D eigenvalue weighted by atomic mass is 32.2. The Morgan fingerprint density at radius 3 is 2.62 bits per heavy atom. The van der Waals surface area contributed by atoms with Crippen LogP contribution in [-0.2, 0) is 15.3 Å². The smallest absolute Gasteiger partial charge is 0.259 e. The molecule has 0 aliphatic rings. The third-order valence-electron chi connectivity index (χ3n) is 3.56. The van der Waals surface area contributed by atoms with E-state index >= 15 is 0 Å². The van der Waals surface area contributed by atoms with Gasteiger partial charge in [0.25, 0.3) is 5.91 Å². The summed E-state index contributed by atoms with van der Waals surface area (Å²) in [5, 5.41) is 2.86. The van der Waals surface area contributed by atoms with Gasteiger partial charge < -0.3 is 15.0 Å². The van der Waals surface area contributed by atoms with Gasteiger partial charge in [0.2, 0.25) is 5.91 Å². The van der Waals surface area contributed by atoms with E-state index in [9.17, 15) is 9.59 Å². The van der Waals surface area contributed by atoms with Crippen LogP contribution in [0.1, 0.15) is 11.1 Å². The van der Waals surface area contributed by atoms with Crippen LogP contribution < -0.4 is 10.1 Å². The van der Waals surface area contributed by atoms with Gasteiger partial charge in [-0.3, -0.25) is 9.59 Å². The maximum absolute atomic E-state index is 12.1. The van der Waals surface area contributed by atoms with Crippen LogP contribution in [-0.4, -0.2) is 43.2 Å². The number of ether oxygens (including phenoxy) is 1. The molecule has 1 N–H and O–H groups in total. The molecule has 0 aliphatic carbocycles. The zero-order chi connectivity index (χ0) is 18.9. The number of benzene rings is 2. The summed E-state index contributed by atoms with van der Waals surface area (Å²) in [5.74, 6) is 1.53. The second-order valence-corrected chi connectivity index (χ2v) is 7.12. The lowest BCUT2D eigenvalue weighted by Crippen LogP contribution is -2.27. The summed E-state index contributed by atoms with van der Waals surface area (Å²) in [6, 6.07) is 15.3. The number of carbonyl (C=O) groups excluding carboxylic acids is 2. The molecule has 2 amide bonds. The van der Waals surface area contributed by atoms with E-state index in [0.717, 1.165) is 5.75 Å². The Kier molecular flexibility index (Phi) is 7.53. The molecule has 26 heavy (non-hydrogen) atoms. The normalized spacial score (nSPS) is 10.3. The lowest BCUT2D eigenvalue weighted by atomic mass is 10.2. The quantitative estimate of drug-likeness (QED) is 0.772. The van der Waals surface area contributed by atoms with Crippen molar-refractivity contribution in [2.75, 3.05) is 31.8 Å². The Balaban J connectivity index is 1.79. The van der Waals surface area contributed by atoms with E-state index in [0.29, 0.717) is 17.2 Å². The minimum Gasteiger partial charge on any atom is -0.484 e. The Hall–Kier alpha value is -2.47. The molecule has 2 rings (SSSR count). The number of hydrogen-bond donors (Lipinski definition) is 1. The van der Waals surface area contributed by atoms with Gasteiger partial charge in [0.1, 0.15) is 5.75 Å². The summed E-state index contributed by atoms with van der Waals surface area (Å²) in [7, 11) is 3.35. The lowest BCUT2D eigenvalue weighted by molar-refractivity contribution is -0.130. The molecule has 0 bridgehead atoms. The van der Waals surface area contributed by atoms with Crippen LogP contribution in [0.3, 0.4) is 0 Å². The fourth-order valence-corrected chi connectivity index (χ4v) is 2.97. The number of rotatable bonds is 8. The van der Waals surface area contributed by atoms with Crippen LogP contribution in [0, 0.1) is 6.92 Å². The molecule has 0 saturated carbocycles. The fourth-order valence-electron chi connectivity index (χ4n) is 2.20. The molecular formula is C20H24N2O3S. The van der Waals surface area contributed by atoms with Crippen molar-refractivity contribution in [3.05, 3.63) is 59.7 Å². The number of anilines is 1. The average molecular weight is 372 g/mol.